The van der Waals surface area contributed by atoms with E-state index in [9.17, 15) is 9.59 Å². The molecule has 3 aromatic rings. The molecule has 0 atom stereocenters. The van der Waals surface area contributed by atoms with Crippen LogP contribution in [0.15, 0.2) is 47.3 Å². The van der Waals surface area contributed by atoms with E-state index in [0.29, 0.717) is 17.1 Å². The lowest BCUT2D eigenvalue weighted by atomic mass is 10.1. The number of hydrogen-bond acceptors (Lipinski definition) is 5. The first kappa shape index (κ1) is 17.5. The number of hydrogen-bond donors (Lipinski definition) is 1. The number of ether oxygens (including phenoxy) is 3. The Labute approximate surface area is 150 Å². The van der Waals surface area contributed by atoms with E-state index in [0.717, 1.165) is 16.5 Å². The molecule has 0 saturated heterocycles. The third-order valence-corrected chi connectivity index (χ3v) is 4.02. The molecule has 0 fully saturated rings. The molecule has 6 heteroatoms. The summed E-state index contributed by atoms with van der Waals surface area (Å²) in [4.78, 5) is 27.3. The Morgan fingerprint density at radius 3 is 2.35 bits per heavy atom. The van der Waals surface area contributed by atoms with Crippen molar-refractivity contribution in [3.63, 3.8) is 0 Å². The summed E-state index contributed by atoms with van der Waals surface area (Å²) in [5, 5.41) is 0.888. The molecule has 3 rings (SSSR count). The summed E-state index contributed by atoms with van der Waals surface area (Å²) in [7, 11) is 3.00. The number of aromatic nitrogens is 1. The Kier molecular flexibility index (Phi) is 4.93. The van der Waals surface area contributed by atoms with Crippen LogP contribution >= 0.6 is 0 Å². The normalized spacial score (nSPS) is 10.6. The monoisotopic (exact) mass is 353 g/mol. The maximum Gasteiger partial charge on any atom is 0.338 e. The Balaban J connectivity index is 1.82. The minimum atomic E-state index is -0.564. The number of fused-ring (bicyclic) bond motifs is 1. The van der Waals surface area contributed by atoms with Crippen LogP contribution in [0.5, 0.6) is 11.5 Å². The molecule has 0 aliphatic carbocycles. The Morgan fingerprint density at radius 1 is 1.00 bits per heavy atom. The Bertz CT molecular complexity index is 1000. The van der Waals surface area contributed by atoms with E-state index in [4.69, 9.17) is 14.2 Å². The highest BCUT2D eigenvalue weighted by molar-refractivity contribution is 5.90. The standard InChI is InChI=1S/C20H19NO5/c1-12-4-5-18-13(6-12)7-15(19(22)21-18)11-26-20(23)14-8-16(24-2)10-17(9-14)25-3/h4-10H,11H2,1-3H3,(H,21,22). The first-order valence-electron chi connectivity index (χ1n) is 8.03. The number of methoxy groups -OCH3 is 2. The summed E-state index contributed by atoms with van der Waals surface area (Å²) in [6, 6.07) is 12.2. The van der Waals surface area contributed by atoms with Crippen molar-refractivity contribution in [2.45, 2.75) is 13.5 Å². The molecule has 1 aromatic heterocycles. The van der Waals surface area contributed by atoms with E-state index in [-0.39, 0.29) is 17.7 Å². The molecule has 0 aliphatic heterocycles. The van der Waals surface area contributed by atoms with Crippen molar-refractivity contribution in [3.05, 3.63) is 69.5 Å². The highest BCUT2D eigenvalue weighted by atomic mass is 16.5. The smallest absolute Gasteiger partial charge is 0.338 e. The van der Waals surface area contributed by atoms with Crippen LogP contribution in [0.4, 0.5) is 0 Å². The van der Waals surface area contributed by atoms with E-state index >= 15 is 0 Å². The van der Waals surface area contributed by atoms with Crippen LogP contribution in [-0.2, 0) is 11.3 Å². The maximum atomic E-state index is 12.3. The zero-order valence-corrected chi connectivity index (χ0v) is 14.8. The van der Waals surface area contributed by atoms with Gasteiger partial charge in [0.15, 0.2) is 0 Å². The van der Waals surface area contributed by atoms with Crippen molar-refractivity contribution < 1.29 is 19.0 Å². The largest absolute Gasteiger partial charge is 0.497 e. The van der Waals surface area contributed by atoms with Gasteiger partial charge in [-0.25, -0.2) is 4.79 Å². The molecular formula is C20H19NO5. The first-order valence-corrected chi connectivity index (χ1v) is 8.03. The van der Waals surface area contributed by atoms with Gasteiger partial charge in [0.25, 0.3) is 5.56 Å². The van der Waals surface area contributed by atoms with Gasteiger partial charge < -0.3 is 19.2 Å². The van der Waals surface area contributed by atoms with Gasteiger partial charge in [-0.3, -0.25) is 4.79 Å². The van der Waals surface area contributed by atoms with Crippen molar-refractivity contribution in [2.75, 3.05) is 14.2 Å². The average Bonchev–Trinajstić information content (AvgIpc) is 2.65. The fourth-order valence-electron chi connectivity index (χ4n) is 2.63. The maximum absolute atomic E-state index is 12.3. The second-order valence-corrected chi connectivity index (χ2v) is 5.89. The molecule has 0 bridgehead atoms. The van der Waals surface area contributed by atoms with Crippen molar-refractivity contribution >= 4 is 16.9 Å². The second kappa shape index (κ2) is 7.31. The number of pyridine rings is 1. The number of aryl methyl sites for hydroxylation is 1. The molecule has 6 nitrogen and oxygen atoms in total. The fraction of sp³-hybridized carbons (Fsp3) is 0.200. The Morgan fingerprint density at radius 2 is 1.69 bits per heavy atom. The van der Waals surface area contributed by atoms with Crippen LogP contribution in [0.2, 0.25) is 0 Å². The number of esters is 1. The molecule has 1 heterocycles. The zero-order valence-electron chi connectivity index (χ0n) is 14.8. The van der Waals surface area contributed by atoms with Crippen molar-refractivity contribution in [1.29, 1.82) is 0 Å². The first-order chi connectivity index (χ1) is 12.5. The molecule has 26 heavy (non-hydrogen) atoms. The van der Waals surface area contributed by atoms with Gasteiger partial charge in [0.2, 0.25) is 0 Å². The van der Waals surface area contributed by atoms with Gasteiger partial charge in [-0.05, 0) is 42.6 Å². The van der Waals surface area contributed by atoms with Crippen molar-refractivity contribution in [3.8, 4) is 11.5 Å². The van der Waals surface area contributed by atoms with Crippen LogP contribution in [0.1, 0.15) is 21.5 Å². The number of carbonyl (C=O) groups excluding carboxylic acids is 1. The van der Waals surface area contributed by atoms with E-state index in [1.165, 1.54) is 14.2 Å². The second-order valence-electron chi connectivity index (χ2n) is 5.89. The van der Waals surface area contributed by atoms with Crippen LogP contribution in [0, 0.1) is 6.92 Å². The SMILES string of the molecule is COc1cc(OC)cc(C(=O)OCc2cc3cc(C)ccc3[nH]c2=O)c1. The molecule has 2 aromatic carbocycles. The van der Waals surface area contributed by atoms with E-state index < -0.39 is 5.97 Å². The lowest BCUT2D eigenvalue weighted by Crippen LogP contribution is -2.15. The number of benzene rings is 2. The number of carbonyl (C=O) groups is 1. The summed E-state index contributed by atoms with van der Waals surface area (Å²) in [5.41, 5.74) is 2.21. The number of nitrogens with one attached hydrogen (secondary N) is 1. The number of rotatable bonds is 5. The molecule has 0 saturated carbocycles. The fourth-order valence-corrected chi connectivity index (χ4v) is 2.63. The molecule has 0 radical (unpaired) electrons. The minimum Gasteiger partial charge on any atom is -0.497 e. The lowest BCUT2D eigenvalue weighted by Gasteiger charge is -2.09. The van der Waals surface area contributed by atoms with E-state index in [2.05, 4.69) is 4.98 Å². The van der Waals surface area contributed by atoms with Gasteiger partial charge in [-0.2, -0.15) is 0 Å². The van der Waals surface area contributed by atoms with Crippen LogP contribution in [0.3, 0.4) is 0 Å². The molecule has 0 aliphatic rings. The van der Waals surface area contributed by atoms with Crippen molar-refractivity contribution in [2.24, 2.45) is 0 Å². The zero-order chi connectivity index (χ0) is 18.7. The number of aromatic amines is 1. The van der Waals surface area contributed by atoms with Crippen LogP contribution in [-0.4, -0.2) is 25.2 Å². The molecule has 134 valence electrons. The average molecular weight is 353 g/mol. The van der Waals surface area contributed by atoms with Crippen LogP contribution < -0.4 is 15.0 Å². The molecule has 1 N–H and O–H groups in total. The molecule has 0 spiro atoms. The van der Waals surface area contributed by atoms with Crippen molar-refractivity contribution in [1.82, 2.24) is 4.98 Å². The van der Waals surface area contributed by atoms with Crippen LogP contribution in [0.25, 0.3) is 10.9 Å². The van der Waals surface area contributed by atoms with Gasteiger partial charge in [0, 0.05) is 11.6 Å². The van der Waals surface area contributed by atoms with E-state index in [1.54, 1.807) is 24.3 Å². The predicted octanol–water partition coefficient (Wildman–Crippen LogP) is 3.21. The third kappa shape index (κ3) is 3.69. The van der Waals surface area contributed by atoms with Gasteiger partial charge >= 0.3 is 5.97 Å². The van der Waals surface area contributed by atoms with Gasteiger partial charge in [-0.1, -0.05) is 11.6 Å². The topological polar surface area (TPSA) is 77.6 Å². The molecule has 0 amide bonds. The summed E-state index contributed by atoms with van der Waals surface area (Å²) in [6.07, 6.45) is 0. The summed E-state index contributed by atoms with van der Waals surface area (Å²) < 4.78 is 15.6. The minimum absolute atomic E-state index is 0.127. The summed E-state index contributed by atoms with van der Waals surface area (Å²) >= 11 is 0. The molecule has 0 unspecified atom stereocenters. The molecular weight excluding hydrogens is 334 g/mol. The van der Waals surface area contributed by atoms with E-state index in [1.807, 2.05) is 25.1 Å². The summed E-state index contributed by atoms with van der Waals surface area (Å²) in [6.45, 7) is 1.85. The Hall–Kier alpha value is -3.28. The predicted molar refractivity (Wildman–Crippen MR) is 98.0 cm³/mol. The summed E-state index contributed by atoms with van der Waals surface area (Å²) in [5.74, 6) is 0.400. The van der Waals surface area contributed by atoms with Gasteiger partial charge in [0.1, 0.15) is 18.1 Å². The van der Waals surface area contributed by atoms with Gasteiger partial charge in [0.05, 0.1) is 25.3 Å². The third-order valence-electron chi connectivity index (χ3n) is 4.02. The van der Waals surface area contributed by atoms with Gasteiger partial charge in [-0.15, -0.1) is 0 Å². The lowest BCUT2D eigenvalue weighted by molar-refractivity contribution is 0.0470. The number of H-pyrrole nitrogens is 1. The highest BCUT2D eigenvalue weighted by Crippen LogP contribution is 2.23. The highest BCUT2D eigenvalue weighted by Gasteiger charge is 2.13. The quantitative estimate of drug-likeness (QED) is 0.713.